The molecule has 0 fully saturated rings. The molecule has 1 aromatic rings. The van der Waals surface area contributed by atoms with E-state index in [1.165, 1.54) is 7.11 Å². The number of hydrogen-bond donors (Lipinski definition) is 2. The Bertz CT molecular complexity index is 434. The summed E-state index contributed by atoms with van der Waals surface area (Å²) in [5.41, 5.74) is 0.530. The van der Waals surface area contributed by atoms with Crippen molar-refractivity contribution in [2.24, 2.45) is 4.99 Å². The average Bonchev–Trinajstić information content (AvgIpc) is 2.74. The third kappa shape index (κ3) is 2.16. The monoisotopic (exact) mass is 244 g/mol. The first-order valence-electron chi connectivity index (χ1n) is 4.84. The van der Waals surface area contributed by atoms with Gasteiger partial charge in [-0.2, -0.15) is 4.98 Å². The molecule has 2 rings (SSSR count). The Labute approximate surface area is 98.1 Å². The van der Waals surface area contributed by atoms with Crippen LogP contribution in [0.15, 0.2) is 4.99 Å². The van der Waals surface area contributed by atoms with Gasteiger partial charge in [0.15, 0.2) is 11.1 Å². The van der Waals surface area contributed by atoms with E-state index in [2.05, 4.69) is 25.6 Å². The van der Waals surface area contributed by atoms with Crippen molar-refractivity contribution in [1.82, 2.24) is 15.3 Å². The van der Waals surface area contributed by atoms with Crippen molar-refractivity contribution in [1.29, 1.82) is 0 Å². The number of nitrogens with zero attached hydrogens (tertiary/aromatic N) is 3. The number of methoxy groups -OCH3 is 1. The van der Waals surface area contributed by atoms with Crippen molar-refractivity contribution in [3.05, 3.63) is 11.0 Å². The lowest BCUT2D eigenvalue weighted by molar-refractivity contribution is 0.398. The fourth-order valence-electron chi connectivity index (χ4n) is 1.37. The van der Waals surface area contributed by atoms with E-state index in [-0.39, 0.29) is 0 Å². The van der Waals surface area contributed by atoms with Gasteiger partial charge < -0.3 is 15.4 Å². The summed E-state index contributed by atoms with van der Waals surface area (Å²) in [4.78, 5) is 12.4. The van der Waals surface area contributed by atoms with Crippen LogP contribution in [0.2, 0.25) is 5.15 Å². The zero-order valence-corrected chi connectivity index (χ0v) is 9.80. The Balaban J connectivity index is 2.31. The number of aromatic nitrogens is 2. The first-order chi connectivity index (χ1) is 7.70. The lowest BCUT2D eigenvalue weighted by Crippen LogP contribution is -2.26. The number of aliphatic imine (C=N–C) groups is 1. The van der Waals surface area contributed by atoms with Gasteiger partial charge >= 0.3 is 0 Å². The van der Waals surface area contributed by atoms with Crippen molar-refractivity contribution >= 4 is 23.2 Å². The van der Waals surface area contributed by atoms with Gasteiger partial charge in [-0.15, -0.1) is 0 Å². The Kier molecular flexibility index (Phi) is 3.09. The van der Waals surface area contributed by atoms with Gasteiger partial charge in [0, 0.05) is 6.54 Å². The quantitative estimate of drug-likeness (QED) is 0.754. The third-order valence-corrected chi connectivity index (χ3v) is 2.33. The van der Waals surface area contributed by atoms with Gasteiger partial charge in [0.1, 0.15) is 11.5 Å². The summed E-state index contributed by atoms with van der Waals surface area (Å²) in [6.45, 7) is 3.31. The Hall–Kier alpha value is -1.56. The molecule has 2 N–H and O–H groups in total. The van der Waals surface area contributed by atoms with Crippen LogP contribution in [-0.2, 0) is 0 Å². The minimum atomic E-state index is 0.320. The molecule has 0 spiro atoms. The molecule has 0 aliphatic carbocycles. The van der Waals surface area contributed by atoms with Crippen LogP contribution in [0.1, 0.15) is 5.82 Å². The van der Waals surface area contributed by atoms with Crippen LogP contribution in [0.25, 0.3) is 0 Å². The van der Waals surface area contributed by atoms with Crippen LogP contribution in [-0.4, -0.2) is 36.1 Å². The summed E-state index contributed by atoms with van der Waals surface area (Å²) in [5.74, 6) is 1.63. The number of guanidine groups is 1. The first-order valence-corrected chi connectivity index (χ1v) is 5.22. The first kappa shape index (κ1) is 10.9. The second kappa shape index (κ2) is 4.52. The minimum absolute atomic E-state index is 0.320. The Morgan fingerprint density at radius 3 is 2.88 bits per heavy atom. The van der Waals surface area contributed by atoms with Crippen LogP contribution in [0, 0.1) is 6.92 Å². The van der Waals surface area contributed by atoms with E-state index in [0.29, 0.717) is 28.5 Å². The molecule has 0 saturated heterocycles. The summed E-state index contributed by atoms with van der Waals surface area (Å²) >= 11 is 6.02. The summed E-state index contributed by atoms with van der Waals surface area (Å²) in [5, 5.41) is 6.40. The van der Waals surface area contributed by atoms with Gasteiger partial charge in [0.2, 0.25) is 5.88 Å². The van der Waals surface area contributed by atoms with Crippen molar-refractivity contribution in [3.8, 4) is 5.88 Å². The van der Waals surface area contributed by atoms with Gasteiger partial charge in [-0.25, -0.2) is 4.98 Å². The van der Waals surface area contributed by atoms with Crippen molar-refractivity contribution in [2.45, 2.75) is 6.92 Å². The van der Waals surface area contributed by atoms with E-state index < -0.39 is 0 Å². The van der Waals surface area contributed by atoms with Gasteiger partial charge in [-0.1, -0.05) is 11.6 Å². The van der Waals surface area contributed by atoms with E-state index in [0.717, 1.165) is 13.1 Å². The third-order valence-electron chi connectivity index (χ3n) is 2.05. The number of rotatable bonds is 2. The molecule has 0 saturated carbocycles. The highest BCUT2D eigenvalue weighted by Crippen LogP contribution is 2.28. The normalized spacial score (nSPS) is 14.3. The summed E-state index contributed by atoms with van der Waals surface area (Å²) in [7, 11) is 1.53. The lowest BCUT2D eigenvalue weighted by atomic mass is 10.7. The molecule has 1 aliphatic rings. The molecule has 0 aromatic carbocycles. The van der Waals surface area contributed by atoms with Gasteiger partial charge in [0.25, 0.3) is 0 Å². The molecule has 86 valence electrons. The highest BCUT2D eigenvalue weighted by Gasteiger charge is 2.15. The molecule has 6 nitrogen and oxygen atoms in total. The largest absolute Gasteiger partial charge is 0.479 e. The van der Waals surface area contributed by atoms with Crippen molar-refractivity contribution in [2.75, 3.05) is 25.5 Å². The molecular weight excluding hydrogens is 233 g/mol. The number of anilines is 1. The molecule has 1 aromatic heterocycles. The molecular formula is C9H12ClN5O. The molecule has 16 heavy (non-hydrogen) atoms. The molecule has 1 aliphatic heterocycles. The summed E-state index contributed by atoms with van der Waals surface area (Å²) in [6, 6.07) is 0. The predicted molar refractivity (Wildman–Crippen MR) is 62.3 cm³/mol. The molecule has 0 bridgehead atoms. The van der Waals surface area contributed by atoms with Gasteiger partial charge in [-0.3, -0.25) is 4.99 Å². The Morgan fingerprint density at radius 1 is 1.44 bits per heavy atom. The zero-order chi connectivity index (χ0) is 11.5. The number of aryl methyl sites for hydroxylation is 1. The molecule has 0 amide bonds. The maximum atomic E-state index is 6.02. The average molecular weight is 245 g/mol. The SMILES string of the molecule is CO[13c]1n[13c](C)n[13c](Cl)c1NC1=NCCN1. The fourth-order valence-corrected chi connectivity index (χ4v) is 1.62. The van der Waals surface area contributed by atoms with E-state index in [1.54, 1.807) is 6.92 Å². The van der Waals surface area contributed by atoms with Gasteiger partial charge in [0.05, 0.1) is 13.7 Å². The number of ether oxygens (including phenoxy) is 1. The highest BCUT2D eigenvalue weighted by molar-refractivity contribution is 6.32. The predicted octanol–water partition coefficient (Wildman–Crippen LogP) is 0.818. The molecule has 0 atom stereocenters. The van der Waals surface area contributed by atoms with Crippen molar-refractivity contribution in [3.63, 3.8) is 0 Å². The van der Waals surface area contributed by atoms with E-state index in [1.807, 2.05) is 0 Å². The molecule has 0 unspecified atom stereocenters. The summed E-state index contributed by atoms with van der Waals surface area (Å²) < 4.78 is 5.14. The molecule has 2 heterocycles. The van der Waals surface area contributed by atoms with Crippen LogP contribution in [0.4, 0.5) is 5.69 Å². The lowest BCUT2D eigenvalue weighted by Gasteiger charge is -2.11. The molecule has 7 heteroatoms. The standard InChI is InChI=1S/C9H12ClN5O/c1-5-13-7(10)6(8(14-5)16-2)15-9-11-3-4-12-9/h3-4H2,1-2H3,(H2,11,12,15)/i5+1,7+1,8+1. The fraction of sp³-hybridized carbons (Fsp3) is 0.444. The second-order valence-corrected chi connectivity index (χ2v) is 3.59. The highest BCUT2D eigenvalue weighted by atomic mass is 35.5. The van der Waals surface area contributed by atoms with Crippen LogP contribution >= 0.6 is 11.6 Å². The van der Waals surface area contributed by atoms with E-state index >= 15 is 0 Å². The van der Waals surface area contributed by atoms with E-state index in [4.69, 9.17) is 16.3 Å². The maximum absolute atomic E-state index is 6.02. The Morgan fingerprint density at radius 2 is 2.25 bits per heavy atom. The van der Waals surface area contributed by atoms with E-state index in [9.17, 15) is 0 Å². The number of halogens is 1. The topological polar surface area (TPSA) is 71.4 Å². The minimum Gasteiger partial charge on any atom is -0.479 e. The maximum Gasteiger partial charge on any atom is 0.242 e. The van der Waals surface area contributed by atoms with Crippen LogP contribution in [0.3, 0.4) is 0 Å². The second-order valence-electron chi connectivity index (χ2n) is 3.23. The van der Waals surface area contributed by atoms with Crippen LogP contribution < -0.4 is 15.4 Å². The zero-order valence-electron chi connectivity index (χ0n) is 9.04. The van der Waals surface area contributed by atoms with Gasteiger partial charge in [-0.05, 0) is 6.92 Å². The number of nitrogens with one attached hydrogen (secondary N) is 2. The number of hydrogen-bond acceptors (Lipinski definition) is 6. The van der Waals surface area contributed by atoms with Crippen LogP contribution in [0.5, 0.6) is 5.88 Å². The summed E-state index contributed by atoms with van der Waals surface area (Å²) in [6.07, 6.45) is 0. The molecule has 0 radical (unpaired) electrons. The smallest absolute Gasteiger partial charge is 0.242 e. The van der Waals surface area contributed by atoms with Crippen molar-refractivity contribution < 1.29 is 4.74 Å².